The van der Waals surface area contributed by atoms with E-state index in [0.29, 0.717) is 11.8 Å². The molecule has 1 unspecified atom stereocenters. The average Bonchev–Trinajstić information content (AvgIpc) is 3.21. The number of fused-ring (bicyclic) bond motifs is 1. The number of hydrogen-bond acceptors (Lipinski definition) is 1. The molecule has 2 heteroatoms. The van der Waals surface area contributed by atoms with Gasteiger partial charge in [-0.05, 0) is 48.9 Å². The number of benzene rings is 1. The molecule has 3 rings (SSSR count). The molecule has 1 saturated carbocycles. The molecule has 0 radical (unpaired) electrons. The Kier molecular flexibility index (Phi) is 3.03. The zero-order valence-electron chi connectivity index (χ0n) is 10.9. The second-order valence-corrected chi connectivity index (χ2v) is 5.80. The lowest BCUT2D eigenvalue weighted by Gasteiger charge is -2.11. The Balaban J connectivity index is 2.11. The fourth-order valence-corrected chi connectivity index (χ4v) is 2.62. The maximum atomic E-state index is 6.41. The molecule has 94 valence electrons. The van der Waals surface area contributed by atoms with Crippen LogP contribution < -0.4 is 0 Å². The van der Waals surface area contributed by atoms with Gasteiger partial charge in [-0.15, -0.1) is 0 Å². The standard InChI is InChI=1S/C16H18ClN/c1-3-10(2)12-6-7-15-13(8-12)14(17)9-16(18-15)11-4-5-11/h6-11H,3-5H2,1-2H3. The third-order valence-corrected chi connectivity index (χ3v) is 4.29. The van der Waals surface area contributed by atoms with Gasteiger partial charge in [0.05, 0.1) is 10.5 Å². The molecule has 0 N–H and O–H groups in total. The topological polar surface area (TPSA) is 12.9 Å². The SMILES string of the molecule is CCC(C)c1ccc2nc(C3CC3)cc(Cl)c2c1. The van der Waals surface area contributed by atoms with Crippen molar-refractivity contribution >= 4 is 22.5 Å². The summed E-state index contributed by atoms with van der Waals surface area (Å²) in [6, 6.07) is 8.57. The third-order valence-electron chi connectivity index (χ3n) is 3.98. The van der Waals surface area contributed by atoms with Gasteiger partial charge in [0.15, 0.2) is 0 Å². The third kappa shape index (κ3) is 2.12. The van der Waals surface area contributed by atoms with E-state index in [2.05, 4.69) is 38.1 Å². The lowest BCUT2D eigenvalue weighted by atomic mass is 9.97. The van der Waals surface area contributed by atoms with Crippen molar-refractivity contribution in [1.29, 1.82) is 0 Å². The first-order valence-electron chi connectivity index (χ1n) is 6.79. The Labute approximate surface area is 113 Å². The fourth-order valence-electron chi connectivity index (χ4n) is 2.35. The van der Waals surface area contributed by atoms with Crippen molar-refractivity contribution in [1.82, 2.24) is 4.98 Å². The van der Waals surface area contributed by atoms with Crippen molar-refractivity contribution in [3.05, 3.63) is 40.5 Å². The number of aromatic nitrogens is 1. The summed E-state index contributed by atoms with van der Waals surface area (Å²) in [6.45, 7) is 4.46. The lowest BCUT2D eigenvalue weighted by molar-refractivity contribution is 0.734. The van der Waals surface area contributed by atoms with Gasteiger partial charge >= 0.3 is 0 Å². The smallest absolute Gasteiger partial charge is 0.0720 e. The van der Waals surface area contributed by atoms with Crippen LogP contribution in [0.5, 0.6) is 0 Å². The first-order valence-corrected chi connectivity index (χ1v) is 7.17. The number of nitrogens with zero attached hydrogens (tertiary/aromatic N) is 1. The number of hydrogen-bond donors (Lipinski definition) is 0. The van der Waals surface area contributed by atoms with Gasteiger partial charge in [-0.1, -0.05) is 31.5 Å². The van der Waals surface area contributed by atoms with Crippen LogP contribution in [0.15, 0.2) is 24.3 Å². The van der Waals surface area contributed by atoms with Gasteiger partial charge < -0.3 is 0 Å². The molecule has 0 spiro atoms. The Hall–Kier alpha value is -1.08. The van der Waals surface area contributed by atoms with E-state index in [9.17, 15) is 0 Å². The van der Waals surface area contributed by atoms with Crippen molar-refractivity contribution in [3.63, 3.8) is 0 Å². The Morgan fingerprint density at radius 1 is 1.33 bits per heavy atom. The number of halogens is 1. The second-order valence-electron chi connectivity index (χ2n) is 5.39. The quantitative estimate of drug-likeness (QED) is 0.731. The molecule has 18 heavy (non-hydrogen) atoms. The zero-order valence-corrected chi connectivity index (χ0v) is 11.7. The van der Waals surface area contributed by atoms with Gasteiger partial charge in [-0.25, -0.2) is 0 Å². The molecule has 1 aromatic carbocycles. The molecule has 1 fully saturated rings. The van der Waals surface area contributed by atoms with Crippen LogP contribution >= 0.6 is 11.6 Å². The summed E-state index contributed by atoms with van der Waals surface area (Å²) in [5.74, 6) is 1.23. The summed E-state index contributed by atoms with van der Waals surface area (Å²) in [6.07, 6.45) is 3.68. The summed E-state index contributed by atoms with van der Waals surface area (Å²) in [5.41, 5.74) is 3.56. The van der Waals surface area contributed by atoms with Crippen LogP contribution in [-0.2, 0) is 0 Å². The highest BCUT2D eigenvalue weighted by Crippen LogP contribution is 2.41. The molecule has 1 aliphatic rings. The molecule has 1 nitrogen and oxygen atoms in total. The summed E-state index contributed by atoms with van der Waals surface area (Å²) in [5, 5.41) is 1.95. The van der Waals surface area contributed by atoms with Crippen LogP contribution in [0.25, 0.3) is 10.9 Å². The zero-order chi connectivity index (χ0) is 12.7. The Bertz CT molecular complexity index is 587. The average molecular weight is 260 g/mol. The van der Waals surface area contributed by atoms with Gasteiger partial charge in [-0.2, -0.15) is 0 Å². The molecule has 1 aliphatic carbocycles. The van der Waals surface area contributed by atoms with Crippen molar-refractivity contribution < 1.29 is 0 Å². The highest BCUT2D eigenvalue weighted by atomic mass is 35.5. The Morgan fingerprint density at radius 3 is 2.78 bits per heavy atom. The van der Waals surface area contributed by atoms with Crippen molar-refractivity contribution in [2.24, 2.45) is 0 Å². The minimum atomic E-state index is 0.577. The summed E-state index contributed by atoms with van der Waals surface area (Å²) in [4.78, 5) is 4.74. The molecule has 2 aromatic rings. The van der Waals surface area contributed by atoms with Gasteiger partial charge in [0.25, 0.3) is 0 Å². The highest BCUT2D eigenvalue weighted by molar-refractivity contribution is 6.35. The molecule has 1 heterocycles. The molecule has 0 saturated heterocycles. The van der Waals surface area contributed by atoms with Crippen molar-refractivity contribution in [3.8, 4) is 0 Å². The second kappa shape index (κ2) is 4.55. The maximum absolute atomic E-state index is 6.41. The van der Waals surface area contributed by atoms with Crippen LogP contribution in [0, 0.1) is 0 Å². The molecule has 0 aliphatic heterocycles. The van der Waals surface area contributed by atoms with Gasteiger partial charge in [-0.3, -0.25) is 4.98 Å². The number of pyridine rings is 1. The van der Waals surface area contributed by atoms with Crippen LogP contribution in [-0.4, -0.2) is 4.98 Å². The van der Waals surface area contributed by atoms with Gasteiger partial charge in [0.1, 0.15) is 0 Å². The molecule has 1 aromatic heterocycles. The van der Waals surface area contributed by atoms with Crippen molar-refractivity contribution in [2.75, 3.05) is 0 Å². The summed E-state index contributed by atoms with van der Waals surface area (Å²) < 4.78 is 0. The monoisotopic (exact) mass is 259 g/mol. The van der Waals surface area contributed by atoms with Gasteiger partial charge in [0.2, 0.25) is 0 Å². The van der Waals surface area contributed by atoms with E-state index < -0.39 is 0 Å². The van der Waals surface area contributed by atoms with Crippen LogP contribution in [0.2, 0.25) is 5.02 Å². The fraction of sp³-hybridized carbons (Fsp3) is 0.438. The molecule has 1 atom stereocenters. The first-order chi connectivity index (χ1) is 8.69. The summed E-state index contributed by atoms with van der Waals surface area (Å²) >= 11 is 6.41. The van der Waals surface area contributed by atoms with E-state index in [1.54, 1.807) is 0 Å². The van der Waals surface area contributed by atoms with Gasteiger partial charge in [0, 0.05) is 17.0 Å². The molecular formula is C16H18ClN. The minimum absolute atomic E-state index is 0.577. The normalized spacial score (nSPS) is 17.1. The van der Waals surface area contributed by atoms with E-state index in [1.807, 2.05) is 0 Å². The van der Waals surface area contributed by atoms with E-state index >= 15 is 0 Å². The predicted molar refractivity (Wildman–Crippen MR) is 77.4 cm³/mol. The van der Waals surface area contributed by atoms with E-state index in [-0.39, 0.29) is 0 Å². The van der Waals surface area contributed by atoms with E-state index in [1.165, 1.54) is 24.1 Å². The van der Waals surface area contributed by atoms with Crippen molar-refractivity contribution in [2.45, 2.75) is 44.9 Å². The van der Waals surface area contributed by atoms with E-state index in [4.69, 9.17) is 16.6 Å². The van der Waals surface area contributed by atoms with Crippen LogP contribution in [0.4, 0.5) is 0 Å². The summed E-state index contributed by atoms with van der Waals surface area (Å²) in [7, 11) is 0. The minimum Gasteiger partial charge on any atom is -0.252 e. The maximum Gasteiger partial charge on any atom is 0.0720 e. The molecule has 0 bridgehead atoms. The first kappa shape index (κ1) is 12.0. The predicted octanol–water partition coefficient (Wildman–Crippen LogP) is 5.28. The van der Waals surface area contributed by atoms with Crippen LogP contribution in [0.1, 0.15) is 56.2 Å². The van der Waals surface area contributed by atoms with E-state index in [0.717, 1.165) is 22.3 Å². The molecule has 0 amide bonds. The number of rotatable bonds is 3. The molecular weight excluding hydrogens is 242 g/mol. The lowest BCUT2D eigenvalue weighted by Crippen LogP contribution is -1.94. The Morgan fingerprint density at radius 2 is 2.11 bits per heavy atom. The highest BCUT2D eigenvalue weighted by Gasteiger charge is 2.25. The van der Waals surface area contributed by atoms with Crippen LogP contribution in [0.3, 0.4) is 0 Å². The largest absolute Gasteiger partial charge is 0.252 e.